The summed E-state index contributed by atoms with van der Waals surface area (Å²) in [5.41, 5.74) is 0. The van der Waals surface area contributed by atoms with E-state index in [9.17, 15) is 0 Å². The lowest BCUT2D eigenvalue weighted by atomic mass is 10.0. The van der Waals surface area contributed by atoms with Crippen molar-refractivity contribution in [1.29, 1.82) is 0 Å². The first-order valence-corrected chi connectivity index (χ1v) is 5.73. The number of nitrogens with zero attached hydrogens (tertiary/aromatic N) is 1. The molecule has 0 bridgehead atoms. The summed E-state index contributed by atoms with van der Waals surface area (Å²) in [4.78, 5) is 2.65. The number of piperidine rings is 1. The second-order valence-electron chi connectivity index (χ2n) is 4.19. The first kappa shape index (κ1) is 11.0. The Balaban J connectivity index is 2.05. The highest BCUT2D eigenvalue weighted by molar-refractivity contribution is 4.72. The van der Waals surface area contributed by atoms with Crippen LogP contribution in [0.15, 0.2) is 0 Å². The molecule has 1 heterocycles. The van der Waals surface area contributed by atoms with E-state index in [0.717, 1.165) is 6.04 Å². The minimum absolute atomic E-state index is 0.836. The van der Waals surface area contributed by atoms with Crippen LogP contribution in [0.5, 0.6) is 0 Å². The van der Waals surface area contributed by atoms with Crippen molar-refractivity contribution in [1.82, 2.24) is 10.2 Å². The highest BCUT2D eigenvalue weighted by Gasteiger charge is 2.16. The molecule has 0 spiro atoms. The van der Waals surface area contributed by atoms with Crippen molar-refractivity contribution < 1.29 is 0 Å². The summed E-state index contributed by atoms with van der Waals surface area (Å²) in [5, 5.41) is 3.20. The largest absolute Gasteiger partial charge is 0.320 e. The molecule has 0 aromatic carbocycles. The van der Waals surface area contributed by atoms with Crippen molar-refractivity contribution in [2.24, 2.45) is 0 Å². The molecule has 78 valence electrons. The summed E-state index contributed by atoms with van der Waals surface area (Å²) in [7, 11) is 2.03. The fourth-order valence-electron chi connectivity index (χ4n) is 2.11. The van der Waals surface area contributed by atoms with E-state index in [2.05, 4.69) is 17.1 Å². The molecular formula is C11H24N2. The van der Waals surface area contributed by atoms with Crippen molar-refractivity contribution >= 4 is 0 Å². The Morgan fingerprint density at radius 1 is 1.31 bits per heavy atom. The fraction of sp³-hybridized carbons (Fsp3) is 1.00. The van der Waals surface area contributed by atoms with Crippen LogP contribution in [-0.4, -0.2) is 37.6 Å². The van der Waals surface area contributed by atoms with E-state index >= 15 is 0 Å². The van der Waals surface area contributed by atoms with E-state index in [-0.39, 0.29) is 0 Å². The molecule has 0 saturated carbocycles. The first-order chi connectivity index (χ1) is 6.34. The molecule has 1 aliphatic rings. The van der Waals surface area contributed by atoms with Gasteiger partial charge in [0, 0.05) is 6.04 Å². The molecule has 0 amide bonds. The minimum Gasteiger partial charge on any atom is -0.320 e. The van der Waals surface area contributed by atoms with Crippen LogP contribution in [0.3, 0.4) is 0 Å². The number of likely N-dealkylation sites (tertiary alicyclic amines) is 1. The number of hydrogen-bond acceptors (Lipinski definition) is 2. The smallest absolute Gasteiger partial charge is 0.00669 e. The summed E-state index contributed by atoms with van der Waals surface area (Å²) >= 11 is 0. The maximum absolute atomic E-state index is 3.20. The van der Waals surface area contributed by atoms with Gasteiger partial charge in [0.2, 0.25) is 0 Å². The summed E-state index contributed by atoms with van der Waals surface area (Å²) in [6, 6.07) is 0.836. The Morgan fingerprint density at radius 3 is 2.85 bits per heavy atom. The molecule has 1 atom stereocenters. The predicted octanol–water partition coefficient (Wildman–Crippen LogP) is 1.86. The average Bonchev–Trinajstić information content (AvgIpc) is 2.15. The summed E-state index contributed by atoms with van der Waals surface area (Å²) in [5.74, 6) is 0. The van der Waals surface area contributed by atoms with Gasteiger partial charge in [0.1, 0.15) is 0 Å². The van der Waals surface area contributed by atoms with E-state index in [1.165, 1.54) is 51.7 Å². The Labute approximate surface area is 82.7 Å². The standard InChI is InChI=1S/C11H24N2/c1-11-7-3-5-9-13(11)10-6-4-8-12-2/h11-12H,3-10H2,1-2H3. The second-order valence-corrected chi connectivity index (χ2v) is 4.19. The topological polar surface area (TPSA) is 15.3 Å². The van der Waals surface area contributed by atoms with Crippen molar-refractivity contribution in [2.45, 2.75) is 45.1 Å². The zero-order chi connectivity index (χ0) is 9.52. The Morgan fingerprint density at radius 2 is 2.15 bits per heavy atom. The molecule has 13 heavy (non-hydrogen) atoms. The second kappa shape index (κ2) is 6.39. The molecule has 2 nitrogen and oxygen atoms in total. The van der Waals surface area contributed by atoms with Crippen molar-refractivity contribution in [3.63, 3.8) is 0 Å². The maximum Gasteiger partial charge on any atom is 0.00669 e. The van der Waals surface area contributed by atoms with Crippen LogP contribution in [0.25, 0.3) is 0 Å². The lowest BCUT2D eigenvalue weighted by molar-refractivity contribution is 0.158. The van der Waals surface area contributed by atoms with E-state index in [1.54, 1.807) is 0 Å². The van der Waals surface area contributed by atoms with Gasteiger partial charge in [-0.05, 0) is 59.3 Å². The van der Waals surface area contributed by atoms with Gasteiger partial charge in [-0.3, -0.25) is 0 Å². The lowest BCUT2D eigenvalue weighted by Gasteiger charge is -2.33. The van der Waals surface area contributed by atoms with Crippen LogP contribution in [0.2, 0.25) is 0 Å². The predicted molar refractivity (Wildman–Crippen MR) is 58.0 cm³/mol. The van der Waals surface area contributed by atoms with Crippen molar-refractivity contribution in [2.75, 3.05) is 26.7 Å². The van der Waals surface area contributed by atoms with Gasteiger partial charge in [0.05, 0.1) is 0 Å². The van der Waals surface area contributed by atoms with Gasteiger partial charge in [-0.15, -0.1) is 0 Å². The molecule has 1 N–H and O–H groups in total. The number of nitrogens with one attached hydrogen (secondary N) is 1. The molecule has 0 aromatic heterocycles. The minimum atomic E-state index is 0.836. The van der Waals surface area contributed by atoms with E-state index < -0.39 is 0 Å². The van der Waals surface area contributed by atoms with E-state index in [0.29, 0.717) is 0 Å². The van der Waals surface area contributed by atoms with Gasteiger partial charge < -0.3 is 10.2 Å². The molecule has 0 aromatic rings. The normalized spacial score (nSPS) is 24.9. The Hall–Kier alpha value is -0.0800. The van der Waals surface area contributed by atoms with E-state index in [4.69, 9.17) is 0 Å². The third kappa shape index (κ3) is 4.10. The summed E-state index contributed by atoms with van der Waals surface area (Å²) in [6.45, 7) is 6.18. The van der Waals surface area contributed by atoms with Crippen LogP contribution in [0, 0.1) is 0 Å². The number of rotatable bonds is 5. The summed E-state index contributed by atoms with van der Waals surface area (Å²) in [6.07, 6.45) is 6.93. The average molecular weight is 184 g/mol. The van der Waals surface area contributed by atoms with Gasteiger partial charge in [0.25, 0.3) is 0 Å². The molecule has 1 aliphatic heterocycles. The van der Waals surface area contributed by atoms with Gasteiger partial charge in [-0.2, -0.15) is 0 Å². The molecular weight excluding hydrogens is 160 g/mol. The SMILES string of the molecule is CNCCCCN1CCCCC1C. The van der Waals surface area contributed by atoms with Crippen molar-refractivity contribution in [3.05, 3.63) is 0 Å². The van der Waals surface area contributed by atoms with Gasteiger partial charge in [0.15, 0.2) is 0 Å². The zero-order valence-electron chi connectivity index (χ0n) is 9.18. The van der Waals surface area contributed by atoms with Crippen molar-refractivity contribution in [3.8, 4) is 0 Å². The van der Waals surface area contributed by atoms with Crippen LogP contribution < -0.4 is 5.32 Å². The molecule has 1 fully saturated rings. The number of unbranched alkanes of at least 4 members (excludes halogenated alkanes) is 1. The fourth-order valence-corrected chi connectivity index (χ4v) is 2.11. The molecule has 2 heteroatoms. The molecule has 1 rings (SSSR count). The quantitative estimate of drug-likeness (QED) is 0.656. The van der Waals surface area contributed by atoms with Crippen LogP contribution in [-0.2, 0) is 0 Å². The Kier molecular flexibility index (Phi) is 5.40. The van der Waals surface area contributed by atoms with Crippen LogP contribution in [0.1, 0.15) is 39.0 Å². The first-order valence-electron chi connectivity index (χ1n) is 5.73. The zero-order valence-corrected chi connectivity index (χ0v) is 9.18. The third-order valence-corrected chi connectivity index (χ3v) is 3.06. The molecule has 0 radical (unpaired) electrons. The summed E-state index contributed by atoms with van der Waals surface area (Å²) < 4.78 is 0. The van der Waals surface area contributed by atoms with Gasteiger partial charge in [-0.25, -0.2) is 0 Å². The highest BCUT2D eigenvalue weighted by atomic mass is 15.1. The monoisotopic (exact) mass is 184 g/mol. The Bertz CT molecular complexity index is 125. The van der Waals surface area contributed by atoms with Crippen LogP contribution >= 0.6 is 0 Å². The van der Waals surface area contributed by atoms with Gasteiger partial charge in [-0.1, -0.05) is 6.42 Å². The van der Waals surface area contributed by atoms with Gasteiger partial charge >= 0.3 is 0 Å². The third-order valence-electron chi connectivity index (χ3n) is 3.06. The highest BCUT2D eigenvalue weighted by Crippen LogP contribution is 2.16. The van der Waals surface area contributed by atoms with E-state index in [1.807, 2.05) is 7.05 Å². The molecule has 1 unspecified atom stereocenters. The maximum atomic E-state index is 3.20. The molecule has 1 saturated heterocycles. The number of hydrogen-bond donors (Lipinski definition) is 1. The van der Waals surface area contributed by atoms with Crippen LogP contribution in [0.4, 0.5) is 0 Å². The lowest BCUT2D eigenvalue weighted by Crippen LogP contribution is -2.38. The molecule has 0 aliphatic carbocycles.